The van der Waals surface area contributed by atoms with Crippen LogP contribution in [0.1, 0.15) is 16.7 Å². The maximum absolute atomic E-state index is 14.4. The number of aliphatic imine (C=N–C) groups is 1. The standard InChI is InChI=1S/C17H13ClF4N2O/c1-25-9-2-4-12(19)10(8-9)16-14-13(23-6-7-24-16)5-3-11(15(14)18)17(20,21)22/h2-5,8,23H,6-7H2,1H3. The average Bonchev–Trinajstić information content (AvgIpc) is 2.77. The molecule has 2 aromatic carbocycles. The third-order valence-electron chi connectivity index (χ3n) is 3.81. The number of hydrogen-bond donors (Lipinski definition) is 1. The Balaban J connectivity index is 2.27. The third-order valence-corrected chi connectivity index (χ3v) is 4.20. The summed E-state index contributed by atoms with van der Waals surface area (Å²) in [6.45, 7) is 0.655. The van der Waals surface area contributed by atoms with Crippen molar-refractivity contribution in [3.05, 3.63) is 57.9 Å². The first-order chi connectivity index (χ1) is 11.8. The highest BCUT2D eigenvalue weighted by Crippen LogP contribution is 2.40. The van der Waals surface area contributed by atoms with E-state index in [1.165, 1.54) is 31.4 Å². The van der Waals surface area contributed by atoms with Crippen molar-refractivity contribution in [2.75, 3.05) is 25.5 Å². The van der Waals surface area contributed by atoms with Crippen molar-refractivity contribution in [3.8, 4) is 5.75 Å². The molecular weight excluding hydrogens is 360 g/mol. The van der Waals surface area contributed by atoms with E-state index in [2.05, 4.69) is 10.3 Å². The molecule has 25 heavy (non-hydrogen) atoms. The number of benzene rings is 2. The summed E-state index contributed by atoms with van der Waals surface area (Å²) in [4.78, 5) is 4.26. The molecule has 0 radical (unpaired) electrons. The zero-order valence-electron chi connectivity index (χ0n) is 13.0. The molecular formula is C17H13ClF4N2O. The first-order valence-electron chi connectivity index (χ1n) is 7.35. The molecule has 1 heterocycles. The Hall–Kier alpha value is -2.28. The second kappa shape index (κ2) is 6.55. The minimum atomic E-state index is -4.63. The topological polar surface area (TPSA) is 33.6 Å². The van der Waals surface area contributed by atoms with Gasteiger partial charge in [0.25, 0.3) is 0 Å². The predicted octanol–water partition coefficient (Wildman–Crippen LogP) is 4.77. The Morgan fingerprint density at radius 1 is 1.20 bits per heavy atom. The molecule has 0 amide bonds. The van der Waals surface area contributed by atoms with Crippen LogP contribution in [-0.4, -0.2) is 25.9 Å². The number of anilines is 1. The van der Waals surface area contributed by atoms with Crippen LogP contribution in [0.4, 0.5) is 23.2 Å². The lowest BCUT2D eigenvalue weighted by Crippen LogP contribution is -2.13. The largest absolute Gasteiger partial charge is 0.497 e. The maximum atomic E-state index is 14.4. The van der Waals surface area contributed by atoms with E-state index in [9.17, 15) is 17.6 Å². The SMILES string of the molecule is COc1ccc(F)c(C2=NCCNc3ccc(C(F)(F)F)c(Cl)c32)c1. The van der Waals surface area contributed by atoms with Crippen LogP contribution in [0.25, 0.3) is 0 Å². The summed E-state index contributed by atoms with van der Waals surface area (Å²) in [6.07, 6.45) is -4.63. The molecule has 1 aliphatic rings. The second-order valence-electron chi connectivity index (χ2n) is 5.35. The van der Waals surface area contributed by atoms with Gasteiger partial charge in [-0.15, -0.1) is 0 Å². The zero-order chi connectivity index (χ0) is 18.2. The van der Waals surface area contributed by atoms with Crippen LogP contribution in [0.15, 0.2) is 35.3 Å². The van der Waals surface area contributed by atoms with E-state index >= 15 is 0 Å². The fourth-order valence-electron chi connectivity index (χ4n) is 2.64. The number of nitrogens with one attached hydrogen (secondary N) is 1. The van der Waals surface area contributed by atoms with E-state index in [4.69, 9.17) is 16.3 Å². The minimum Gasteiger partial charge on any atom is -0.497 e. The van der Waals surface area contributed by atoms with Crippen molar-refractivity contribution in [3.63, 3.8) is 0 Å². The van der Waals surface area contributed by atoms with Crippen LogP contribution in [0.2, 0.25) is 5.02 Å². The molecule has 0 aromatic heterocycles. The molecule has 0 unspecified atom stereocenters. The summed E-state index contributed by atoms with van der Waals surface area (Å²) in [7, 11) is 1.41. The summed E-state index contributed by atoms with van der Waals surface area (Å²) in [5.41, 5.74) is -0.497. The van der Waals surface area contributed by atoms with Crippen LogP contribution >= 0.6 is 11.6 Å². The van der Waals surface area contributed by atoms with Crippen molar-refractivity contribution in [2.24, 2.45) is 4.99 Å². The number of methoxy groups -OCH3 is 1. The Morgan fingerprint density at radius 3 is 2.64 bits per heavy atom. The van der Waals surface area contributed by atoms with Crippen LogP contribution < -0.4 is 10.1 Å². The van der Waals surface area contributed by atoms with Gasteiger partial charge in [0, 0.05) is 23.4 Å². The summed E-state index contributed by atoms with van der Waals surface area (Å²) in [6, 6.07) is 6.17. The van der Waals surface area contributed by atoms with Gasteiger partial charge in [0.1, 0.15) is 11.6 Å². The van der Waals surface area contributed by atoms with Crippen LogP contribution in [-0.2, 0) is 6.18 Å². The first kappa shape index (κ1) is 17.5. The minimum absolute atomic E-state index is 0.0288. The lowest BCUT2D eigenvalue weighted by atomic mass is 9.97. The molecule has 132 valence electrons. The molecule has 0 saturated heterocycles. The van der Waals surface area contributed by atoms with Crippen molar-refractivity contribution in [2.45, 2.75) is 6.18 Å². The molecule has 0 atom stereocenters. The van der Waals surface area contributed by atoms with Gasteiger partial charge in [0.2, 0.25) is 0 Å². The van der Waals surface area contributed by atoms with Gasteiger partial charge in [-0.25, -0.2) is 4.39 Å². The summed E-state index contributed by atoms with van der Waals surface area (Å²) < 4.78 is 59.1. The Kier molecular flexibility index (Phi) is 4.60. The second-order valence-corrected chi connectivity index (χ2v) is 5.73. The third kappa shape index (κ3) is 3.28. The van der Waals surface area contributed by atoms with E-state index in [0.717, 1.165) is 6.07 Å². The Bertz CT molecular complexity index is 849. The van der Waals surface area contributed by atoms with Gasteiger partial charge >= 0.3 is 6.18 Å². The lowest BCUT2D eigenvalue weighted by Gasteiger charge is -2.17. The smallest absolute Gasteiger partial charge is 0.417 e. The van der Waals surface area contributed by atoms with E-state index in [-0.39, 0.29) is 23.4 Å². The average molecular weight is 373 g/mol. The van der Waals surface area contributed by atoms with Gasteiger partial charge in [-0.2, -0.15) is 13.2 Å². The highest BCUT2D eigenvalue weighted by atomic mass is 35.5. The fraction of sp³-hybridized carbons (Fsp3) is 0.235. The van der Waals surface area contributed by atoms with E-state index in [0.29, 0.717) is 18.0 Å². The molecule has 1 aliphatic heterocycles. The monoisotopic (exact) mass is 372 g/mol. The molecule has 1 N–H and O–H groups in total. The van der Waals surface area contributed by atoms with Gasteiger partial charge < -0.3 is 10.1 Å². The molecule has 0 saturated carbocycles. The number of ether oxygens (including phenoxy) is 1. The summed E-state index contributed by atoms with van der Waals surface area (Å²) in [5.74, 6) is -0.262. The van der Waals surface area contributed by atoms with Crippen molar-refractivity contribution in [1.82, 2.24) is 0 Å². The molecule has 3 rings (SSSR count). The maximum Gasteiger partial charge on any atom is 0.417 e. The molecule has 0 spiro atoms. The number of halogens is 5. The zero-order valence-corrected chi connectivity index (χ0v) is 13.8. The number of fused-ring (bicyclic) bond motifs is 1. The van der Waals surface area contributed by atoms with Gasteiger partial charge in [-0.1, -0.05) is 11.6 Å². The van der Waals surface area contributed by atoms with Gasteiger partial charge in [-0.05, 0) is 30.3 Å². The van der Waals surface area contributed by atoms with Crippen LogP contribution in [0, 0.1) is 5.82 Å². The molecule has 8 heteroatoms. The van der Waals surface area contributed by atoms with Crippen molar-refractivity contribution in [1.29, 1.82) is 0 Å². The van der Waals surface area contributed by atoms with Gasteiger partial charge in [0.05, 0.1) is 30.0 Å². The normalized spacial score (nSPS) is 14.2. The highest BCUT2D eigenvalue weighted by molar-refractivity contribution is 6.37. The number of rotatable bonds is 2. The van der Waals surface area contributed by atoms with E-state index in [1.54, 1.807) is 0 Å². The molecule has 2 aromatic rings. The molecule has 3 nitrogen and oxygen atoms in total. The predicted molar refractivity (Wildman–Crippen MR) is 88.4 cm³/mol. The lowest BCUT2D eigenvalue weighted by molar-refractivity contribution is -0.137. The van der Waals surface area contributed by atoms with Gasteiger partial charge in [-0.3, -0.25) is 4.99 Å². The summed E-state index contributed by atoms with van der Waals surface area (Å²) >= 11 is 6.06. The first-order valence-corrected chi connectivity index (χ1v) is 7.73. The van der Waals surface area contributed by atoms with Crippen molar-refractivity contribution >= 4 is 23.0 Å². The number of alkyl halides is 3. The molecule has 0 bridgehead atoms. The number of benzodiazepines with no additional fused rings is 1. The molecule has 0 fully saturated rings. The van der Waals surface area contributed by atoms with Crippen LogP contribution in [0.5, 0.6) is 5.75 Å². The van der Waals surface area contributed by atoms with E-state index in [1.807, 2.05) is 0 Å². The Morgan fingerprint density at radius 2 is 1.96 bits per heavy atom. The quantitative estimate of drug-likeness (QED) is 0.770. The van der Waals surface area contributed by atoms with Gasteiger partial charge in [0.15, 0.2) is 0 Å². The fourth-order valence-corrected chi connectivity index (χ4v) is 3.01. The van der Waals surface area contributed by atoms with Crippen molar-refractivity contribution < 1.29 is 22.3 Å². The number of hydrogen-bond acceptors (Lipinski definition) is 3. The number of nitrogens with zero attached hydrogens (tertiary/aromatic N) is 1. The van der Waals surface area contributed by atoms with Crippen LogP contribution in [0.3, 0.4) is 0 Å². The summed E-state index contributed by atoms with van der Waals surface area (Å²) in [5, 5.41) is 2.46. The van der Waals surface area contributed by atoms with E-state index < -0.39 is 22.6 Å². The molecule has 0 aliphatic carbocycles. The Labute approximate surface area is 146 Å². The highest BCUT2D eigenvalue weighted by Gasteiger charge is 2.36.